The van der Waals surface area contributed by atoms with Crippen LogP contribution in [0, 0.1) is 13.8 Å². The van der Waals surface area contributed by atoms with Crippen LogP contribution in [0.15, 0.2) is 41.3 Å². The van der Waals surface area contributed by atoms with Gasteiger partial charge in [-0.15, -0.1) is 0 Å². The summed E-state index contributed by atoms with van der Waals surface area (Å²) >= 11 is 1.40. The first kappa shape index (κ1) is 20.8. The number of aromatic nitrogens is 1. The molecule has 4 rings (SSSR count). The van der Waals surface area contributed by atoms with Gasteiger partial charge in [-0.3, -0.25) is 4.79 Å². The van der Waals surface area contributed by atoms with Crippen LogP contribution in [-0.4, -0.2) is 43.3 Å². The Bertz CT molecular complexity index is 1200. The van der Waals surface area contributed by atoms with E-state index >= 15 is 0 Å². The molecule has 1 amide bonds. The number of ether oxygens (including phenoxy) is 1. The number of fused-ring (bicyclic) bond motifs is 1. The SMILES string of the molecule is COc1ccc(S(=O)(=O)N2CCCC2C(=O)Nc2nc3cc(C)cc(C)c3s2)cc1. The third-order valence-corrected chi connectivity index (χ3v) is 8.27. The molecule has 2 aromatic carbocycles. The Morgan fingerprint density at radius 2 is 1.97 bits per heavy atom. The van der Waals surface area contributed by atoms with Crippen molar-refractivity contribution in [2.75, 3.05) is 19.0 Å². The van der Waals surface area contributed by atoms with Gasteiger partial charge in [0.05, 0.1) is 22.2 Å². The number of methoxy groups -OCH3 is 1. The van der Waals surface area contributed by atoms with Gasteiger partial charge < -0.3 is 10.1 Å². The number of amides is 1. The highest BCUT2D eigenvalue weighted by atomic mass is 32.2. The third kappa shape index (κ3) is 3.80. The van der Waals surface area contributed by atoms with Crippen molar-refractivity contribution in [3.8, 4) is 5.75 Å². The van der Waals surface area contributed by atoms with Gasteiger partial charge in [0.2, 0.25) is 15.9 Å². The second-order valence-electron chi connectivity index (χ2n) is 7.39. The van der Waals surface area contributed by atoms with E-state index in [4.69, 9.17) is 4.74 Å². The summed E-state index contributed by atoms with van der Waals surface area (Å²) in [6.45, 7) is 4.33. The Balaban J connectivity index is 1.57. The van der Waals surface area contributed by atoms with E-state index in [1.165, 1.54) is 34.9 Å². The van der Waals surface area contributed by atoms with Gasteiger partial charge in [-0.05, 0) is 68.1 Å². The number of nitrogens with zero attached hydrogens (tertiary/aromatic N) is 2. The fraction of sp³-hybridized carbons (Fsp3) is 0.333. The molecule has 0 bridgehead atoms. The lowest BCUT2D eigenvalue weighted by molar-refractivity contribution is -0.119. The Hall–Kier alpha value is -2.49. The van der Waals surface area contributed by atoms with Crippen LogP contribution in [0.1, 0.15) is 24.0 Å². The Kier molecular flexibility index (Phi) is 5.52. The van der Waals surface area contributed by atoms with Gasteiger partial charge in [0, 0.05) is 6.54 Å². The molecule has 0 aliphatic carbocycles. The molecule has 1 unspecified atom stereocenters. The first-order valence-electron chi connectivity index (χ1n) is 9.64. The van der Waals surface area contributed by atoms with Gasteiger partial charge in [-0.1, -0.05) is 17.4 Å². The standard InChI is InChI=1S/C21H23N3O4S2/c1-13-11-14(2)19-17(12-13)22-21(29-19)23-20(25)18-5-4-10-24(18)30(26,27)16-8-6-15(28-3)7-9-16/h6-9,11-12,18H,4-5,10H2,1-3H3,(H,22,23,25). The summed E-state index contributed by atoms with van der Waals surface area (Å²) in [7, 11) is -2.26. The van der Waals surface area contributed by atoms with Crippen molar-refractivity contribution in [3.63, 3.8) is 0 Å². The van der Waals surface area contributed by atoms with Crippen molar-refractivity contribution in [3.05, 3.63) is 47.5 Å². The molecule has 0 radical (unpaired) electrons. The number of rotatable bonds is 5. The zero-order valence-corrected chi connectivity index (χ0v) is 18.6. The number of benzene rings is 2. The number of sulfonamides is 1. The lowest BCUT2D eigenvalue weighted by Gasteiger charge is -2.23. The molecule has 30 heavy (non-hydrogen) atoms. The average molecular weight is 446 g/mol. The fourth-order valence-corrected chi connectivity index (χ4v) is 6.37. The zero-order valence-electron chi connectivity index (χ0n) is 17.0. The summed E-state index contributed by atoms with van der Waals surface area (Å²) in [6.07, 6.45) is 1.11. The highest BCUT2D eigenvalue weighted by Crippen LogP contribution is 2.32. The van der Waals surface area contributed by atoms with Gasteiger partial charge >= 0.3 is 0 Å². The van der Waals surface area contributed by atoms with Crippen molar-refractivity contribution in [2.45, 2.75) is 37.6 Å². The quantitative estimate of drug-likeness (QED) is 0.647. The van der Waals surface area contributed by atoms with Crippen LogP contribution in [0.5, 0.6) is 5.75 Å². The van der Waals surface area contributed by atoms with E-state index in [2.05, 4.69) is 16.4 Å². The molecule has 0 saturated carbocycles. The summed E-state index contributed by atoms with van der Waals surface area (Å²) in [5.41, 5.74) is 3.05. The molecule has 2 heterocycles. The second-order valence-corrected chi connectivity index (χ2v) is 10.3. The minimum atomic E-state index is -3.79. The highest BCUT2D eigenvalue weighted by molar-refractivity contribution is 7.89. The van der Waals surface area contributed by atoms with E-state index in [9.17, 15) is 13.2 Å². The van der Waals surface area contributed by atoms with Crippen LogP contribution in [0.4, 0.5) is 5.13 Å². The average Bonchev–Trinajstić information content (AvgIpc) is 3.35. The smallest absolute Gasteiger partial charge is 0.244 e. The largest absolute Gasteiger partial charge is 0.497 e. The maximum atomic E-state index is 13.1. The molecule has 1 aromatic heterocycles. The number of hydrogen-bond donors (Lipinski definition) is 1. The molecule has 158 valence electrons. The summed E-state index contributed by atoms with van der Waals surface area (Å²) in [5.74, 6) is 0.226. The summed E-state index contributed by atoms with van der Waals surface area (Å²) in [5, 5.41) is 3.32. The van der Waals surface area contributed by atoms with E-state index in [1.54, 1.807) is 12.1 Å². The molecular formula is C21H23N3O4S2. The number of thiazole rings is 1. The molecular weight excluding hydrogens is 422 g/mol. The molecule has 7 nitrogen and oxygen atoms in total. The highest BCUT2D eigenvalue weighted by Gasteiger charge is 2.39. The Morgan fingerprint density at radius 1 is 1.23 bits per heavy atom. The minimum Gasteiger partial charge on any atom is -0.497 e. The zero-order chi connectivity index (χ0) is 21.5. The predicted molar refractivity (Wildman–Crippen MR) is 118 cm³/mol. The fourth-order valence-electron chi connectivity index (χ4n) is 3.79. The molecule has 3 aromatic rings. The molecule has 1 atom stereocenters. The van der Waals surface area contributed by atoms with Gasteiger partial charge in [0.25, 0.3) is 0 Å². The topological polar surface area (TPSA) is 88.6 Å². The molecule has 1 fully saturated rings. The molecule has 1 aliphatic heterocycles. The van der Waals surface area contributed by atoms with E-state index in [-0.39, 0.29) is 10.8 Å². The van der Waals surface area contributed by atoms with Crippen LogP contribution < -0.4 is 10.1 Å². The number of aryl methyl sites for hydroxylation is 2. The maximum absolute atomic E-state index is 13.1. The van der Waals surface area contributed by atoms with E-state index in [1.807, 2.05) is 19.9 Å². The van der Waals surface area contributed by atoms with Gasteiger partial charge in [-0.25, -0.2) is 13.4 Å². The lowest BCUT2D eigenvalue weighted by Crippen LogP contribution is -2.43. The van der Waals surface area contributed by atoms with Crippen molar-refractivity contribution in [1.29, 1.82) is 0 Å². The van der Waals surface area contributed by atoms with Gasteiger partial charge in [0.1, 0.15) is 11.8 Å². The summed E-state index contributed by atoms with van der Waals surface area (Å²) < 4.78 is 33.6. The van der Waals surface area contributed by atoms with Gasteiger partial charge in [0.15, 0.2) is 5.13 Å². The Morgan fingerprint density at radius 3 is 2.67 bits per heavy atom. The van der Waals surface area contributed by atoms with Crippen LogP contribution in [0.3, 0.4) is 0 Å². The first-order valence-corrected chi connectivity index (χ1v) is 11.9. The summed E-state index contributed by atoms with van der Waals surface area (Å²) in [6, 6.07) is 9.50. The van der Waals surface area contributed by atoms with E-state index < -0.39 is 16.1 Å². The molecule has 1 aliphatic rings. The Labute approximate surface area is 179 Å². The molecule has 0 spiro atoms. The van der Waals surface area contributed by atoms with Crippen LogP contribution in [-0.2, 0) is 14.8 Å². The lowest BCUT2D eigenvalue weighted by atomic mass is 10.1. The van der Waals surface area contributed by atoms with Crippen molar-refractivity contribution in [2.24, 2.45) is 0 Å². The second kappa shape index (κ2) is 7.98. The number of hydrogen-bond acceptors (Lipinski definition) is 6. The van der Waals surface area contributed by atoms with Gasteiger partial charge in [-0.2, -0.15) is 4.31 Å². The number of carbonyl (C=O) groups is 1. The van der Waals surface area contributed by atoms with E-state index in [0.29, 0.717) is 30.3 Å². The summed E-state index contributed by atoms with van der Waals surface area (Å²) in [4.78, 5) is 17.6. The van der Waals surface area contributed by atoms with Crippen LogP contribution in [0.25, 0.3) is 10.2 Å². The minimum absolute atomic E-state index is 0.147. The number of anilines is 1. The predicted octanol–water partition coefficient (Wildman–Crippen LogP) is 3.71. The number of nitrogens with one attached hydrogen (secondary N) is 1. The van der Waals surface area contributed by atoms with Crippen LogP contribution >= 0.6 is 11.3 Å². The maximum Gasteiger partial charge on any atom is 0.244 e. The molecule has 1 N–H and O–H groups in total. The first-order chi connectivity index (χ1) is 14.3. The van der Waals surface area contributed by atoms with Crippen LogP contribution in [0.2, 0.25) is 0 Å². The normalized spacial score (nSPS) is 17.4. The van der Waals surface area contributed by atoms with E-state index in [0.717, 1.165) is 21.3 Å². The molecule has 9 heteroatoms. The van der Waals surface area contributed by atoms with Crippen molar-refractivity contribution < 1.29 is 17.9 Å². The third-order valence-electron chi connectivity index (χ3n) is 5.22. The van der Waals surface area contributed by atoms with Crippen molar-refractivity contribution >= 4 is 42.6 Å². The monoisotopic (exact) mass is 445 g/mol. The number of carbonyl (C=O) groups excluding carboxylic acids is 1. The van der Waals surface area contributed by atoms with Crippen molar-refractivity contribution in [1.82, 2.24) is 9.29 Å². The molecule has 1 saturated heterocycles.